The lowest BCUT2D eigenvalue weighted by atomic mass is 9.87. The lowest BCUT2D eigenvalue weighted by Crippen LogP contribution is -2.34. The highest BCUT2D eigenvalue weighted by molar-refractivity contribution is 9.10. The van der Waals surface area contributed by atoms with E-state index < -0.39 is 5.97 Å². The number of halogens is 1. The minimum Gasteiger partial charge on any atom is -0.478 e. The number of carbonyl (C=O) groups excluding carboxylic acids is 1. The maximum atomic E-state index is 12.3. The average molecular weight is 435 g/mol. The molecule has 0 atom stereocenters. The van der Waals surface area contributed by atoms with Gasteiger partial charge in [-0.05, 0) is 69.5 Å². The third-order valence-electron chi connectivity index (χ3n) is 3.70. The van der Waals surface area contributed by atoms with Gasteiger partial charge in [-0.25, -0.2) is 4.79 Å². The van der Waals surface area contributed by atoms with Crippen LogP contribution in [0.5, 0.6) is 0 Å². The zero-order valence-electron chi connectivity index (χ0n) is 14.6. The first kappa shape index (κ1) is 20.1. The van der Waals surface area contributed by atoms with Crippen molar-refractivity contribution in [1.82, 2.24) is 5.32 Å². The van der Waals surface area contributed by atoms with Crippen LogP contribution >= 0.6 is 28.1 Å². The first-order chi connectivity index (χ1) is 12.1. The van der Waals surface area contributed by atoms with Gasteiger partial charge in [-0.3, -0.25) is 10.1 Å². The molecular weight excluding hydrogens is 416 g/mol. The molecule has 0 bridgehead atoms. The maximum Gasteiger partial charge on any atom is 0.335 e. The number of carboxylic acid groups (broad SMARTS) is 1. The molecule has 26 heavy (non-hydrogen) atoms. The SMILES string of the molecule is CC(C)(C)c1ccc(C(=O)NC(=S)Nc2cc(C(=O)O)ccc2Br)cc1. The number of aromatic carboxylic acids is 1. The summed E-state index contributed by atoms with van der Waals surface area (Å²) in [6.45, 7) is 6.30. The maximum absolute atomic E-state index is 12.3. The fourth-order valence-corrected chi connectivity index (χ4v) is 2.75. The molecule has 0 aromatic heterocycles. The lowest BCUT2D eigenvalue weighted by molar-refractivity contribution is 0.0696. The van der Waals surface area contributed by atoms with Crippen LogP contribution in [0.25, 0.3) is 0 Å². The first-order valence-electron chi connectivity index (χ1n) is 7.83. The second-order valence-electron chi connectivity index (χ2n) is 6.74. The van der Waals surface area contributed by atoms with E-state index in [0.717, 1.165) is 5.56 Å². The fourth-order valence-electron chi connectivity index (χ4n) is 2.20. The monoisotopic (exact) mass is 434 g/mol. The zero-order chi connectivity index (χ0) is 19.5. The summed E-state index contributed by atoms with van der Waals surface area (Å²) in [4.78, 5) is 23.4. The fraction of sp³-hybridized carbons (Fsp3) is 0.211. The van der Waals surface area contributed by atoms with E-state index in [1.54, 1.807) is 18.2 Å². The molecule has 2 rings (SSSR count). The molecule has 0 aliphatic rings. The van der Waals surface area contributed by atoms with Crippen molar-refractivity contribution in [3.63, 3.8) is 0 Å². The number of carboxylic acids is 1. The molecule has 0 saturated carbocycles. The van der Waals surface area contributed by atoms with E-state index in [2.05, 4.69) is 47.3 Å². The Balaban J connectivity index is 2.07. The molecule has 136 valence electrons. The van der Waals surface area contributed by atoms with Crippen molar-refractivity contribution in [2.24, 2.45) is 0 Å². The van der Waals surface area contributed by atoms with Crippen molar-refractivity contribution < 1.29 is 14.7 Å². The largest absolute Gasteiger partial charge is 0.478 e. The summed E-state index contributed by atoms with van der Waals surface area (Å²) in [5.41, 5.74) is 2.19. The number of hydrogen-bond acceptors (Lipinski definition) is 3. The van der Waals surface area contributed by atoms with Gasteiger partial charge in [-0.1, -0.05) is 32.9 Å². The van der Waals surface area contributed by atoms with E-state index in [1.807, 2.05) is 12.1 Å². The predicted octanol–water partition coefficient (Wildman–Crippen LogP) is 4.57. The Morgan fingerprint density at radius 3 is 2.15 bits per heavy atom. The molecule has 0 unspecified atom stereocenters. The van der Waals surface area contributed by atoms with Gasteiger partial charge < -0.3 is 10.4 Å². The summed E-state index contributed by atoms with van der Waals surface area (Å²) in [5, 5.41) is 14.6. The highest BCUT2D eigenvalue weighted by Gasteiger charge is 2.15. The number of thiocarbonyl (C=S) groups is 1. The summed E-state index contributed by atoms with van der Waals surface area (Å²) in [5.74, 6) is -1.39. The normalized spacial score (nSPS) is 10.9. The molecule has 2 aromatic rings. The molecule has 1 amide bonds. The topological polar surface area (TPSA) is 78.4 Å². The Morgan fingerprint density at radius 1 is 1.04 bits per heavy atom. The number of hydrogen-bond donors (Lipinski definition) is 3. The molecule has 3 N–H and O–H groups in total. The lowest BCUT2D eigenvalue weighted by Gasteiger charge is -2.19. The van der Waals surface area contributed by atoms with E-state index in [9.17, 15) is 9.59 Å². The van der Waals surface area contributed by atoms with Crippen LogP contribution in [0.3, 0.4) is 0 Å². The molecule has 0 saturated heterocycles. The molecule has 7 heteroatoms. The molecule has 0 aliphatic carbocycles. The summed E-state index contributed by atoms with van der Waals surface area (Å²) >= 11 is 8.47. The van der Waals surface area contributed by atoms with Crippen LogP contribution in [-0.4, -0.2) is 22.1 Å². The molecular formula is C19H19BrN2O3S. The Bertz CT molecular complexity index is 858. The van der Waals surface area contributed by atoms with Gasteiger partial charge in [0.25, 0.3) is 5.91 Å². The molecule has 0 radical (unpaired) electrons. The van der Waals surface area contributed by atoms with Gasteiger partial charge in [-0.15, -0.1) is 0 Å². The number of rotatable bonds is 3. The van der Waals surface area contributed by atoms with Gasteiger partial charge in [0.2, 0.25) is 0 Å². The van der Waals surface area contributed by atoms with Gasteiger partial charge >= 0.3 is 5.97 Å². The number of benzene rings is 2. The van der Waals surface area contributed by atoms with Crippen LogP contribution < -0.4 is 10.6 Å². The summed E-state index contributed by atoms with van der Waals surface area (Å²) in [7, 11) is 0. The van der Waals surface area contributed by atoms with E-state index in [1.165, 1.54) is 12.1 Å². The molecule has 2 aromatic carbocycles. The standard InChI is InChI=1S/C19H19BrN2O3S/c1-19(2,3)13-7-4-11(5-8-13)16(23)22-18(26)21-15-10-12(17(24)25)6-9-14(15)20/h4-10H,1-3H3,(H,24,25)(H2,21,22,23,26). The Hall–Kier alpha value is -2.25. The predicted molar refractivity (Wildman–Crippen MR) is 110 cm³/mol. The smallest absolute Gasteiger partial charge is 0.335 e. The third-order valence-corrected chi connectivity index (χ3v) is 4.60. The van der Waals surface area contributed by atoms with E-state index in [-0.39, 0.29) is 22.0 Å². The Kier molecular flexibility index (Phi) is 6.15. The van der Waals surface area contributed by atoms with Gasteiger partial charge in [0, 0.05) is 10.0 Å². The molecule has 0 spiro atoms. The first-order valence-corrected chi connectivity index (χ1v) is 9.04. The highest BCUT2D eigenvalue weighted by Crippen LogP contribution is 2.24. The molecule has 0 fully saturated rings. The van der Waals surface area contributed by atoms with Crippen LogP contribution in [0, 0.1) is 0 Å². The van der Waals surface area contributed by atoms with Gasteiger partial charge in [0.15, 0.2) is 5.11 Å². The molecule has 0 aliphatic heterocycles. The van der Waals surface area contributed by atoms with E-state index in [0.29, 0.717) is 15.7 Å². The van der Waals surface area contributed by atoms with Crippen LogP contribution in [0.15, 0.2) is 46.9 Å². The van der Waals surface area contributed by atoms with Crippen LogP contribution in [0.4, 0.5) is 5.69 Å². The van der Waals surface area contributed by atoms with Crippen molar-refractivity contribution in [2.45, 2.75) is 26.2 Å². The van der Waals surface area contributed by atoms with E-state index >= 15 is 0 Å². The minimum absolute atomic E-state index is 0.00724. The Labute approximate surface area is 165 Å². The van der Waals surface area contributed by atoms with E-state index in [4.69, 9.17) is 17.3 Å². The summed E-state index contributed by atoms with van der Waals surface area (Å²) < 4.78 is 0.633. The quantitative estimate of drug-likeness (QED) is 0.616. The summed E-state index contributed by atoms with van der Waals surface area (Å²) in [6, 6.07) is 11.8. The molecule has 0 heterocycles. The van der Waals surface area contributed by atoms with Crippen molar-refractivity contribution in [1.29, 1.82) is 0 Å². The highest BCUT2D eigenvalue weighted by atomic mass is 79.9. The second kappa shape index (κ2) is 7.97. The van der Waals surface area contributed by atoms with Crippen molar-refractivity contribution >= 4 is 50.8 Å². The Morgan fingerprint density at radius 2 is 1.62 bits per heavy atom. The number of anilines is 1. The number of amides is 1. The average Bonchev–Trinajstić information content (AvgIpc) is 2.55. The van der Waals surface area contributed by atoms with Crippen molar-refractivity contribution in [3.8, 4) is 0 Å². The third kappa shape index (κ3) is 5.12. The van der Waals surface area contributed by atoms with Crippen molar-refractivity contribution in [3.05, 3.63) is 63.6 Å². The van der Waals surface area contributed by atoms with Gasteiger partial charge in [0.1, 0.15) is 0 Å². The van der Waals surface area contributed by atoms with Crippen LogP contribution in [0.1, 0.15) is 47.1 Å². The van der Waals surface area contributed by atoms with Crippen LogP contribution in [0.2, 0.25) is 0 Å². The van der Waals surface area contributed by atoms with Gasteiger partial charge in [0.05, 0.1) is 11.3 Å². The second-order valence-corrected chi connectivity index (χ2v) is 8.00. The zero-order valence-corrected chi connectivity index (χ0v) is 17.0. The minimum atomic E-state index is -1.05. The number of nitrogens with one attached hydrogen (secondary N) is 2. The molecule has 5 nitrogen and oxygen atoms in total. The number of carbonyl (C=O) groups is 2. The van der Waals surface area contributed by atoms with Crippen LogP contribution in [-0.2, 0) is 5.41 Å². The summed E-state index contributed by atoms with van der Waals surface area (Å²) in [6.07, 6.45) is 0. The van der Waals surface area contributed by atoms with Gasteiger partial charge in [-0.2, -0.15) is 0 Å². The van der Waals surface area contributed by atoms with Crippen molar-refractivity contribution in [2.75, 3.05) is 5.32 Å².